The van der Waals surface area contributed by atoms with Gasteiger partial charge in [-0.2, -0.15) is 0 Å². The molecule has 0 spiro atoms. The lowest BCUT2D eigenvalue weighted by molar-refractivity contribution is -0.112. The van der Waals surface area contributed by atoms with Gasteiger partial charge in [-0.3, -0.25) is 4.79 Å². The van der Waals surface area contributed by atoms with Crippen molar-refractivity contribution < 1.29 is 19.1 Å². The number of hydrogen-bond donors (Lipinski definition) is 1. The molecule has 0 saturated carbocycles. The average molecular weight is 314 g/mol. The Morgan fingerprint density at radius 3 is 2.91 bits per heavy atom. The molecule has 1 aliphatic rings. The minimum Gasteiger partial charge on any atom is -0.486 e. The third-order valence-corrected chi connectivity index (χ3v) is 4.08. The summed E-state index contributed by atoms with van der Waals surface area (Å²) in [5.74, 6) is 0.403. The van der Waals surface area contributed by atoms with Gasteiger partial charge in [-0.05, 0) is 38.5 Å². The summed E-state index contributed by atoms with van der Waals surface area (Å²) in [4.78, 5) is 23.1. The summed E-state index contributed by atoms with van der Waals surface area (Å²) in [5, 5.41) is 11.4. The normalized spacial score (nSPS) is 19.5. The van der Waals surface area contributed by atoms with Crippen molar-refractivity contribution in [1.29, 1.82) is 0 Å². The smallest absolute Gasteiger partial charge is 0.343 e. The Labute approximate surface area is 133 Å². The summed E-state index contributed by atoms with van der Waals surface area (Å²) in [6, 6.07) is 7.16. The SMILES string of the molecule is CC(=O)/C=C/C[C@](C)(O)[C@H]1Cc2c(c3ccccc3oc2=O)O1. The second-order valence-corrected chi connectivity index (χ2v) is 6.08. The number of ether oxygens (including phenoxy) is 1. The van der Waals surface area contributed by atoms with Gasteiger partial charge in [0.25, 0.3) is 0 Å². The van der Waals surface area contributed by atoms with Crippen LogP contribution < -0.4 is 10.4 Å². The highest BCUT2D eigenvalue weighted by Crippen LogP contribution is 2.37. The molecular weight excluding hydrogens is 296 g/mol. The standard InChI is InChI=1S/C18H18O5/c1-11(19)6-5-9-18(2,21)15-10-13-16(23-15)12-7-3-4-8-14(12)22-17(13)20/h3-8,15,21H,9-10H2,1-2H3/b6-5+/t15-,18+/m1/s1. The largest absolute Gasteiger partial charge is 0.486 e. The molecule has 2 atom stereocenters. The monoisotopic (exact) mass is 314 g/mol. The maximum Gasteiger partial charge on any atom is 0.343 e. The first kappa shape index (κ1) is 15.5. The van der Waals surface area contributed by atoms with Gasteiger partial charge in [0.2, 0.25) is 0 Å². The molecule has 1 aliphatic heterocycles. The molecule has 1 aromatic heterocycles. The zero-order chi connectivity index (χ0) is 16.6. The van der Waals surface area contributed by atoms with E-state index in [0.29, 0.717) is 16.9 Å². The van der Waals surface area contributed by atoms with Crippen molar-refractivity contribution in [2.45, 2.75) is 38.4 Å². The summed E-state index contributed by atoms with van der Waals surface area (Å²) >= 11 is 0. The molecule has 23 heavy (non-hydrogen) atoms. The molecule has 120 valence electrons. The first-order valence-corrected chi connectivity index (χ1v) is 7.49. The minimum absolute atomic E-state index is 0.0805. The van der Waals surface area contributed by atoms with Gasteiger partial charge >= 0.3 is 5.63 Å². The Kier molecular flexibility index (Phi) is 3.82. The molecule has 0 aliphatic carbocycles. The van der Waals surface area contributed by atoms with E-state index in [1.54, 1.807) is 25.1 Å². The molecule has 2 heterocycles. The molecule has 0 unspecified atom stereocenters. The van der Waals surface area contributed by atoms with Crippen molar-refractivity contribution in [2.75, 3.05) is 0 Å². The van der Waals surface area contributed by atoms with Crippen LogP contribution in [0.5, 0.6) is 5.75 Å². The fourth-order valence-electron chi connectivity index (χ4n) is 2.78. The van der Waals surface area contributed by atoms with Gasteiger partial charge in [-0.25, -0.2) is 4.79 Å². The van der Waals surface area contributed by atoms with Crippen LogP contribution in [-0.4, -0.2) is 22.6 Å². The number of ketones is 1. The maximum absolute atomic E-state index is 12.1. The summed E-state index contributed by atoms with van der Waals surface area (Å²) in [6.07, 6.45) is 3.01. The van der Waals surface area contributed by atoms with Gasteiger partial charge in [0.15, 0.2) is 5.78 Å². The van der Waals surface area contributed by atoms with E-state index in [1.165, 1.54) is 13.0 Å². The molecule has 0 amide bonds. The molecule has 5 heteroatoms. The van der Waals surface area contributed by atoms with Crippen LogP contribution in [0.1, 0.15) is 25.8 Å². The van der Waals surface area contributed by atoms with E-state index in [4.69, 9.17) is 9.15 Å². The van der Waals surface area contributed by atoms with Gasteiger partial charge in [0, 0.05) is 6.42 Å². The Morgan fingerprint density at radius 2 is 2.17 bits per heavy atom. The second kappa shape index (κ2) is 5.66. The topological polar surface area (TPSA) is 76.7 Å². The number of carbonyl (C=O) groups excluding carboxylic acids is 1. The highest BCUT2D eigenvalue weighted by atomic mass is 16.5. The second-order valence-electron chi connectivity index (χ2n) is 6.08. The van der Waals surface area contributed by atoms with Crippen molar-refractivity contribution in [3.63, 3.8) is 0 Å². The van der Waals surface area contributed by atoms with Gasteiger partial charge in [0.05, 0.1) is 10.9 Å². The predicted molar refractivity (Wildman–Crippen MR) is 85.7 cm³/mol. The maximum atomic E-state index is 12.1. The van der Waals surface area contributed by atoms with E-state index < -0.39 is 17.3 Å². The zero-order valence-electron chi connectivity index (χ0n) is 13.0. The van der Waals surface area contributed by atoms with Crippen molar-refractivity contribution in [2.24, 2.45) is 0 Å². The Balaban J connectivity index is 1.92. The van der Waals surface area contributed by atoms with Crippen LogP contribution in [0.3, 0.4) is 0 Å². The number of allylic oxidation sites excluding steroid dienone is 1. The lowest BCUT2D eigenvalue weighted by Gasteiger charge is -2.28. The molecule has 0 radical (unpaired) electrons. The Morgan fingerprint density at radius 1 is 1.43 bits per heavy atom. The number of hydrogen-bond acceptors (Lipinski definition) is 5. The number of aliphatic hydroxyl groups is 1. The molecule has 0 fully saturated rings. The minimum atomic E-state index is -1.20. The van der Waals surface area contributed by atoms with Crippen LogP contribution in [0.15, 0.2) is 45.6 Å². The van der Waals surface area contributed by atoms with Crippen molar-refractivity contribution in [3.8, 4) is 5.75 Å². The van der Waals surface area contributed by atoms with Crippen LogP contribution in [0.2, 0.25) is 0 Å². The highest BCUT2D eigenvalue weighted by Gasteiger charge is 2.40. The molecule has 2 aromatic rings. The first-order valence-electron chi connectivity index (χ1n) is 7.49. The van der Waals surface area contributed by atoms with Crippen LogP contribution in [-0.2, 0) is 11.2 Å². The van der Waals surface area contributed by atoms with E-state index in [-0.39, 0.29) is 18.6 Å². The number of carbonyl (C=O) groups is 1. The summed E-state index contributed by atoms with van der Waals surface area (Å²) < 4.78 is 11.2. The molecule has 3 rings (SSSR count). The van der Waals surface area contributed by atoms with Crippen LogP contribution in [0, 0.1) is 0 Å². The van der Waals surface area contributed by atoms with E-state index in [1.807, 2.05) is 12.1 Å². The molecule has 1 aromatic carbocycles. The molecule has 0 bridgehead atoms. The third-order valence-electron chi connectivity index (χ3n) is 4.08. The van der Waals surface area contributed by atoms with Crippen LogP contribution in [0.25, 0.3) is 11.0 Å². The Bertz CT molecular complexity index is 844. The fourth-order valence-corrected chi connectivity index (χ4v) is 2.78. The van der Waals surface area contributed by atoms with E-state index >= 15 is 0 Å². The Hall–Kier alpha value is -2.40. The van der Waals surface area contributed by atoms with Crippen molar-refractivity contribution >= 4 is 16.8 Å². The van der Waals surface area contributed by atoms with Gasteiger partial charge < -0.3 is 14.3 Å². The van der Waals surface area contributed by atoms with Gasteiger partial charge in [-0.15, -0.1) is 0 Å². The number of rotatable bonds is 4. The molecule has 5 nitrogen and oxygen atoms in total. The molecule has 1 N–H and O–H groups in total. The zero-order valence-corrected chi connectivity index (χ0v) is 13.0. The average Bonchev–Trinajstić information content (AvgIpc) is 2.93. The van der Waals surface area contributed by atoms with Crippen molar-refractivity contribution in [1.82, 2.24) is 0 Å². The van der Waals surface area contributed by atoms with Crippen LogP contribution in [0.4, 0.5) is 0 Å². The van der Waals surface area contributed by atoms with Gasteiger partial charge in [0.1, 0.15) is 23.0 Å². The van der Waals surface area contributed by atoms with Gasteiger partial charge in [-0.1, -0.05) is 18.2 Å². The first-order chi connectivity index (χ1) is 10.9. The van der Waals surface area contributed by atoms with E-state index in [0.717, 1.165) is 5.39 Å². The van der Waals surface area contributed by atoms with Crippen LogP contribution >= 0.6 is 0 Å². The summed E-state index contributed by atoms with van der Waals surface area (Å²) in [6.45, 7) is 3.09. The summed E-state index contributed by atoms with van der Waals surface area (Å²) in [7, 11) is 0. The predicted octanol–water partition coefficient (Wildman–Crippen LogP) is 2.38. The van der Waals surface area contributed by atoms with Crippen molar-refractivity contribution in [3.05, 3.63) is 52.4 Å². The molecule has 0 saturated heterocycles. The lowest BCUT2D eigenvalue weighted by atomic mass is 9.92. The third kappa shape index (κ3) is 2.92. The quantitative estimate of drug-likeness (QED) is 0.692. The van der Waals surface area contributed by atoms with E-state index in [9.17, 15) is 14.7 Å². The fraction of sp³-hybridized carbons (Fsp3) is 0.333. The highest BCUT2D eigenvalue weighted by molar-refractivity contribution is 5.87. The number of fused-ring (bicyclic) bond motifs is 3. The summed E-state index contributed by atoms with van der Waals surface area (Å²) in [5.41, 5.74) is -0.716. The van der Waals surface area contributed by atoms with E-state index in [2.05, 4.69) is 0 Å². The molecular formula is C18H18O5. The lowest BCUT2D eigenvalue weighted by Crippen LogP contribution is -2.42. The number of para-hydroxylation sites is 1. The number of benzene rings is 1.